The van der Waals surface area contributed by atoms with E-state index in [0.29, 0.717) is 0 Å². The molecule has 0 fully saturated rings. The number of hydrogen-bond acceptors (Lipinski definition) is 1. The molecule has 1 atom stereocenters. The van der Waals surface area contributed by atoms with E-state index >= 15 is 0 Å². The van der Waals surface area contributed by atoms with Crippen molar-refractivity contribution in [3.05, 3.63) is 46.7 Å². The Morgan fingerprint density at radius 3 is 3.06 bits per heavy atom. The molecular weight excluding hydrogens is 219 g/mol. The number of hydrogen-bond donors (Lipinski definition) is 0. The van der Waals surface area contributed by atoms with Gasteiger partial charge in [0.1, 0.15) is 5.82 Å². The molecule has 0 bridgehead atoms. The summed E-state index contributed by atoms with van der Waals surface area (Å²) >= 11 is 0. The van der Waals surface area contributed by atoms with Crippen molar-refractivity contribution in [2.75, 3.05) is 0 Å². The number of rotatable bonds is 4. The summed E-state index contributed by atoms with van der Waals surface area (Å²) in [6.45, 7) is 2.64. The third kappa shape index (κ3) is 2.57. The Kier molecular flexibility index (Phi) is 3.30. The summed E-state index contributed by atoms with van der Waals surface area (Å²) in [7, 11) is 0. The van der Waals surface area contributed by atoms with E-state index in [-0.39, 0.29) is 11.9 Å². The van der Waals surface area contributed by atoms with Crippen molar-refractivity contribution in [2.24, 2.45) is 5.11 Å². The molecule has 0 saturated carbocycles. The number of nitrogens with zero attached hydrogens (tertiary/aromatic N) is 4. The predicted molar refractivity (Wildman–Crippen MR) is 65.1 cm³/mol. The van der Waals surface area contributed by atoms with E-state index in [2.05, 4.69) is 10.0 Å². The highest BCUT2D eigenvalue weighted by molar-refractivity contribution is 5.80. The third-order valence-corrected chi connectivity index (χ3v) is 2.77. The van der Waals surface area contributed by atoms with Crippen molar-refractivity contribution in [1.82, 2.24) is 4.57 Å². The Bertz CT molecular complexity index is 569. The van der Waals surface area contributed by atoms with Crippen LogP contribution in [0.5, 0.6) is 0 Å². The fourth-order valence-electron chi connectivity index (χ4n) is 1.84. The standard InChI is InChI=1S/C12H13FN4/c1-9(15-16-14)4-6-17-7-5-10-8-11(13)2-3-12(10)17/h2-3,5,7-9H,4,6H2,1H3. The lowest BCUT2D eigenvalue weighted by Gasteiger charge is -2.07. The maximum absolute atomic E-state index is 13.0. The fraction of sp³-hybridized carbons (Fsp3) is 0.333. The van der Waals surface area contributed by atoms with Crippen LogP contribution in [0.1, 0.15) is 13.3 Å². The lowest BCUT2D eigenvalue weighted by molar-refractivity contribution is 0.580. The van der Waals surface area contributed by atoms with Gasteiger partial charge in [0.15, 0.2) is 0 Å². The van der Waals surface area contributed by atoms with Crippen LogP contribution in [0.4, 0.5) is 4.39 Å². The molecule has 1 unspecified atom stereocenters. The van der Waals surface area contributed by atoms with Gasteiger partial charge in [-0.3, -0.25) is 0 Å². The van der Waals surface area contributed by atoms with Gasteiger partial charge in [-0.25, -0.2) is 4.39 Å². The maximum Gasteiger partial charge on any atom is 0.123 e. The van der Waals surface area contributed by atoms with E-state index in [1.165, 1.54) is 12.1 Å². The average molecular weight is 232 g/mol. The molecule has 0 N–H and O–H groups in total. The summed E-state index contributed by atoms with van der Waals surface area (Å²) in [6.07, 6.45) is 2.69. The molecule has 0 spiro atoms. The topological polar surface area (TPSA) is 53.7 Å². The summed E-state index contributed by atoms with van der Waals surface area (Å²) in [6, 6.07) is 6.59. The van der Waals surface area contributed by atoms with Gasteiger partial charge in [0.2, 0.25) is 0 Å². The zero-order valence-corrected chi connectivity index (χ0v) is 9.55. The van der Waals surface area contributed by atoms with Crippen LogP contribution in [-0.4, -0.2) is 10.6 Å². The largest absolute Gasteiger partial charge is 0.347 e. The minimum atomic E-state index is -0.224. The molecule has 88 valence electrons. The van der Waals surface area contributed by atoms with Gasteiger partial charge in [0.25, 0.3) is 0 Å². The first-order valence-electron chi connectivity index (χ1n) is 5.49. The van der Waals surface area contributed by atoms with Gasteiger partial charge in [-0.05, 0) is 36.2 Å². The Labute approximate surface area is 98.3 Å². The summed E-state index contributed by atoms with van der Waals surface area (Å²) in [5, 5.41) is 4.52. The van der Waals surface area contributed by atoms with E-state index in [9.17, 15) is 4.39 Å². The van der Waals surface area contributed by atoms with E-state index in [1.807, 2.05) is 23.8 Å². The molecule has 1 aromatic carbocycles. The third-order valence-electron chi connectivity index (χ3n) is 2.77. The molecule has 1 heterocycles. The van der Waals surface area contributed by atoms with Gasteiger partial charge >= 0.3 is 0 Å². The molecule has 2 aromatic rings. The van der Waals surface area contributed by atoms with Gasteiger partial charge in [-0.15, -0.1) is 0 Å². The van der Waals surface area contributed by atoms with Crippen LogP contribution < -0.4 is 0 Å². The molecule has 0 amide bonds. The number of aromatic nitrogens is 1. The molecule has 0 aliphatic heterocycles. The zero-order chi connectivity index (χ0) is 12.3. The minimum Gasteiger partial charge on any atom is -0.347 e. The van der Waals surface area contributed by atoms with Crippen molar-refractivity contribution in [3.8, 4) is 0 Å². The summed E-state index contributed by atoms with van der Waals surface area (Å²) in [4.78, 5) is 2.78. The van der Waals surface area contributed by atoms with Gasteiger partial charge in [0.05, 0.1) is 0 Å². The first-order chi connectivity index (χ1) is 8.20. The van der Waals surface area contributed by atoms with E-state index < -0.39 is 0 Å². The SMILES string of the molecule is CC(CCn1ccc2cc(F)ccc21)N=[N+]=[N-]. The van der Waals surface area contributed by atoms with Crippen LogP contribution in [0.15, 0.2) is 35.6 Å². The average Bonchev–Trinajstić information content (AvgIpc) is 2.69. The summed E-state index contributed by atoms with van der Waals surface area (Å²) < 4.78 is 15.0. The molecule has 1 aromatic heterocycles. The minimum absolute atomic E-state index is 0.0297. The van der Waals surface area contributed by atoms with Crippen LogP contribution in [0.3, 0.4) is 0 Å². The summed E-state index contributed by atoms with van der Waals surface area (Å²) in [5.41, 5.74) is 9.31. The van der Waals surface area contributed by atoms with E-state index in [1.54, 1.807) is 6.07 Å². The predicted octanol–water partition coefficient (Wildman–Crippen LogP) is 3.87. The molecular formula is C12H13FN4. The Morgan fingerprint density at radius 2 is 2.29 bits per heavy atom. The monoisotopic (exact) mass is 232 g/mol. The second-order valence-corrected chi connectivity index (χ2v) is 4.05. The van der Waals surface area contributed by atoms with Gasteiger partial charge in [-0.1, -0.05) is 12.0 Å². The van der Waals surface area contributed by atoms with Gasteiger partial charge in [0, 0.05) is 34.6 Å². The fourth-order valence-corrected chi connectivity index (χ4v) is 1.84. The quantitative estimate of drug-likeness (QED) is 0.436. The molecule has 4 nitrogen and oxygen atoms in total. The first-order valence-corrected chi connectivity index (χ1v) is 5.49. The lowest BCUT2D eigenvalue weighted by atomic mass is 10.2. The van der Waals surface area contributed by atoms with Gasteiger partial charge in [-0.2, -0.15) is 0 Å². The maximum atomic E-state index is 13.0. The van der Waals surface area contributed by atoms with Crippen molar-refractivity contribution in [3.63, 3.8) is 0 Å². The molecule has 0 aliphatic rings. The van der Waals surface area contributed by atoms with E-state index in [4.69, 9.17) is 5.53 Å². The zero-order valence-electron chi connectivity index (χ0n) is 9.55. The van der Waals surface area contributed by atoms with Crippen molar-refractivity contribution in [2.45, 2.75) is 25.9 Å². The highest BCUT2D eigenvalue weighted by atomic mass is 19.1. The second-order valence-electron chi connectivity index (χ2n) is 4.05. The number of aryl methyl sites for hydroxylation is 1. The Balaban J connectivity index is 2.16. The summed E-state index contributed by atoms with van der Waals surface area (Å²) in [5.74, 6) is -0.224. The number of benzene rings is 1. The number of fused-ring (bicyclic) bond motifs is 1. The van der Waals surface area contributed by atoms with Crippen LogP contribution in [0, 0.1) is 5.82 Å². The molecule has 2 rings (SSSR count). The number of azide groups is 1. The molecule has 5 heteroatoms. The smallest absolute Gasteiger partial charge is 0.123 e. The van der Waals surface area contributed by atoms with Gasteiger partial charge < -0.3 is 4.57 Å². The first kappa shape index (κ1) is 11.5. The molecule has 0 aliphatic carbocycles. The second kappa shape index (κ2) is 4.89. The Hall–Kier alpha value is -2.00. The van der Waals surface area contributed by atoms with Crippen LogP contribution in [-0.2, 0) is 6.54 Å². The van der Waals surface area contributed by atoms with Crippen molar-refractivity contribution < 1.29 is 4.39 Å². The molecule has 0 radical (unpaired) electrons. The van der Waals surface area contributed by atoms with Crippen LogP contribution in [0.25, 0.3) is 21.3 Å². The van der Waals surface area contributed by atoms with Crippen LogP contribution in [0.2, 0.25) is 0 Å². The van der Waals surface area contributed by atoms with Crippen molar-refractivity contribution in [1.29, 1.82) is 0 Å². The number of halogens is 1. The van der Waals surface area contributed by atoms with E-state index in [0.717, 1.165) is 23.9 Å². The molecule has 17 heavy (non-hydrogen) atoms. The highest BCUT2D eigenvalue weighted by Crippen LogP contribution is 2.17. The molecule has 0 saturated heterocycles. The van der Waals surface area contributed by atoms with Crippen molar-refractivity contribution >= 4 is 10.9 Å². The lowest BCUT2D eigenvalue weighted by Crippen LogP contribution is -2.04. The van der Waals surface area contributed by atoms with Crippen LogP contribution >= 0.6 is 0 Å². The highest BCUT2D eigenvalue weighted by Gasteiger charge is 2.04. The Morgan fingerprint density at radius 1 is 1.47 bits per heavy atom. The normalized spacial score (nSPS) is 12.4.